The largest absolute Gasteiger partial charge is 0.379 e. The molecule has 19 heteroatoms. The van der Waals surface area contributed by atoms with Crippen molar-refractivity contribution < 1.29 is 42.9 Å². The summed E-state index contributed by atoms with van der Waals surface area (Å²) in [5.74, 6) is -1.15. The van der Waals surface area contributed by atoms with Gasteiger partial charge in [0.15, 0.2) is 5.96 Å². The summed E-state index contributed by atoms with van der Waals surface area (Å²) in [7, 11) is 12.5. The maximum absolute atomic E-state index is 14.4. The Kier molecular flexibility index (Phi) is 26.7. The maximum Gasteiger partial charge on any atom is 0.247 e. The van der Waals surface area contributed by atoms with Crippen molar-refractivity contribution in [1.29, 1.82) is 0 Å². The van der Waals surface area contributed by atoms with Gasteiger partial charge in [-0.05, 0) is 35.8 Å². The fraction of sp³-hybridized carbons (Fsp3) is 0.761. The minimum absolute atomic E-state index is 0.000962. The summed E-state index contributed by atoms with van der Waals surface area (Å²) < 4.78 is 28.5. The van der Waals surface area contributed by atoms with Crippen LogP contribution < -0.4 is 10.6 Å². The molecule has 0 bridgehead atoms. The van der Waals surface area contributed by atoms with Crippen LogP contribution in [-0.4, -0.2) is 194 Å². The summed E-state index contributed by atoms with van der Waals surface area (Å²) in [6.45, 7) is 12.8. The topological polar surface area (TPSA) is 213 Å². The van der Waals surface area contributed by atoms with Crippen LogP contribution in [0.1, 0.15) is 65.9 Å². The van der Waals surface area contributed by atoms with Gasteiger partial charge in [-0.2, -0.15) is 0 Å². The number of likely N-dealkylation sites (tertiary alicyclic amines) is 1. The number of benzene rings is 1. The lowest BCUT2D eigenvalue weighted by Gasteiger charge is -2.40. The molecule has 1 heterocycles. The summed E-state index contributed by atoms with van der Waals surface area (Å²) in [5.41, 5.74) is 9.17. The number of guanidine groups is 1. The first-order chi connectivity index (χ1) is 31.0. The number of carbonyl (C=O) groups excluding carboxylic acids is 4. The van der Waals surface area contributed by atoms with Gasteiger partial charge < -0.3 is 53.9 Å². The molecule has 0 aromatic heterocycles. The first kappa shape index (κ1) is 56.6. The van der Waals surface area contributed by atoms with E-state index in [0.29, 0.717) is 52.0 Å². The summed E-state index contributed by atoms with van der Waals surface area (Å²) in [6, 6.07) is 7.10. The number of amides is 4. The smallest absolute Gasteiger partial charge is 0.247 e. The second-order valence-corrected chi connectivity index (χ2v) is 17.3. The van der Waals surface area contributed by atoms with Crippen molar-refractivity contribution in [2.75, 3.05) is 109 Å². The van der Waals surface area contributed by atoms with Gasteiger partial charge in [0, 0.05) is 80.4 Å². The molecule has 1 aromatic carbocycles. The number of azide groups is 1. The van der Waals surface area contributed by atoms with E-state index in [9.17, 15) is 19.2 Å². The molecule has 0 spiro atoms. The Hall–Kier alpha value is -4.52. The summed E-state index contributed by atoms with van der Waals surface area (Å²) >= 11 is 0. The average molecular weight is 917 g/mol. The molecule has 65 heavy (non-hydrogen) atoms. The van der Waals surface area contributed by atoms with Crippen LogP contribution in [0.25, 0.3) is 10.4 Å². The van der Waals surface area contributed by atoms with Crippen LogP contribution in [0.3, 0.4) is 0 Å². The number of methoxy groups -OCH3 is 2. The molecule has 8 atom stereocenters. The molecule has 2 N–H and O–H groups in total. The van der Waals surface area contributed by atoms with E-state index in [4.69, 9.17) is 34.2 Å². The molecule has 1 aromatic rings. The highest BCUT2D eigenvalue weighted by atomic mass is 16.5. The fourth-order valence-corrected chi connectivity index (χ4v) is 8.18. The molecule has 2 rings (SSSR count). The number of carbonyl (C=O) groups is 4. The third-order valence-electron chi connectivity index (χ3n) is 11.8. The molecule has 0 aliphatic carbocycles. The number of aliphatic imine (C=N–C) groups is 1. The fourth-order valence-electron chi connectivity index (χ4n) is 8.18. The molecular weight excluding hydrogens is 837 g/mol. The molecule has 1 aliphatic heterocycles. The zero-order valence-electron chi connectivity index (χ0n) is 41.2. The van der Waals surface area contributed by atoms with Crippen molar-refractivity contribution in [3.8, 4) is 0 Å². The number of nitrogens with zero attached hydrogens (tertiary/aromatic N) is 8. The monoisotopic (exact) mass is 917 g/mol. The number of hydrogen-bond donors (Lipinski definition) is 2. The minimum atomic E-state index is -0.883. The van der Waals surface area contributed by atoms with Gasteiger partial charge in [0.2, 0.25) is 23.6 Å². The van der Waals surface area contributed by atoms with Crippen molar-refractivity contribution in [2.45, 2.75) is 103 Å². The van der Waals surface area contributed by atoms with Crippen LogP contribution in [0, 0.1) is 17.8 Å². The third-order valence-corrected chi connectivity index (χ3v) is 11.8. The van der Waals surface area contributed by atoms with Gasteiger partial charge in [-0.3, -0.25) is 19.2 Å². The molecule has 0 radical (unpaired) electrons. The Morgan fingerprint density at radius 2 is 1.49 bits per heavy atom. The van der Waals surface area contributed by atoms with Crippen LogP contribution in [0.2, 0.25) is 0 Å². The molecule has 0 saturated carbocycles. The summed E-state index contributed by atoms with van der Waals surface area (Å²) in [5, 5.41) is 9.27. The Balaban J connectivity index is 2.16. The molecule has 368 valence electrons. The number of ether oxygens (including phenoxy) is 5. The van der Waals surface area contributed by atoms with Crippen LogP contribution in [0.4, 0.5) is 0 Å². The molecule has 1 saturated heterocycles. The average Bonchev–Trinajstić information content (AvgIpc) is 3.77. The number of nitrogens with one attached hydrogen (secondary N) is 2. The van der Waals surface area contributed by atoms with Gasteiger partial charge in [-0.25, -0.2) is 4.99 Å². The lowest BCUT2D eigenvalue weighted by atomic mass is 9.89. The zero-order valence-corrected chi connectivity index (χ0v) is 41.2. The molecule has 0 unspecified atom stereocenters. The Labute approximate surface area is 387 Å². The molecule has 4 amide bonds. The number of hydrogen-bond acceptors (Lipinski definition) is 11. The first-order valence-electron chi connectivity index (χ1n) is 22.9. The normalized spacial score (nSPS) is 16.9. The summed E-state index contributed by atoms with van der Waals surface area (Å²) in [6.07, 6.45) is 1.13. The second kappa shape index (κ2) is 30.6. The maximum atomic E-state index is 14.4. The van der Waals surface area contributed by atoms with Crippen LogP contribution in [-0.2, 0) is 49.3 Å². The lowest BCUT2D eigenvalue weighted by Crippen LogP contribution is -2.55. The Morgan fingerprint density at radius 1 is 0.877 bits per heavy atom. The van der Waals surface area contributed by atoms with Gasteiger partial charge in [0.25, 0.3) is 0 Å². The highest BCUT2D eigenvalue weighted by Crippen LogP contribution is 2.30. The third kappa shape index (κ3) is 18.7. The standard InChI is InChI=1S/C46H80N10O9/c1-13-33(4)41(55(10)45(60)40(32(2)3)51-46(53(6)7)54(8)9)38(61-11)31-39(57)56-23-17-20-37(56)42(62-12)34(5)43(58)50-36(30-35-18-15-14-16-19-35)44(59)48-21-24-63-26-28-65-29-27-64-25-22-49-52-47/h14-16,18-19,32-34,36-38,40-42H,13,17,20-31H2,1-12H3,(H,48,59)(H,50,58)/t33-,34+,36-,37-,38+,40-,41-,42+/m0/s1. The van der Waals surface area contributed by atoms with E-state index < -0.39 is 42.3 Å². The van der Waals surface area contributed by atoms with Gasteiger partial charge in [0.1, 0.15) is 12.1 Å². The molecule has 1 aliphatic rings. The lowest BCUT2D eigenvalue weighted by molar-refractivity contribution is -0.146. The Bertz CT molecular complexity index is 1640. The van der Waals surface area contributed by atoms with Crippen molar-refractivity contribution in [1.82, 2.24) is 30.2 Å². The van der Waals surface area contributed by atoms with Gasteiger partial charge >= 0.3 is 0 Å². The predicted molar refractivity (Wildman–Crippen MR) is 251 cm³/mol. The number of rotatable bonds is 30. The second-order valence-electron chi connectivity index (χ2n) is 17.3. The van der Waals surface area contributed by atoms with E-state index >= 15 is 0 Å². The van der Waals surface area contributed by atoms with E-state index in [2.05, 4.69) is 34.5 Å². The molecular formula is C46H80N10O9. The van der Waals surface area contributed by atoms with E-state index in [1.807, 2.05) is 82.2 Å². The van der Waals surface area contributed by atoms with Crippen LogP contribution in [0.15, 0.2) is 40.4 Å². The van der Waals surface area contributed by atoms with Crippen molar-refractivity contribution in [3.05, 3.63) is 46.3 Å². The summed E-state index contributed by atoms with van der Waals surface area (Å²) in [4.78, 5) is 71.2. The van der Waals surface area contributed by atoms with Gasteiger partial charge in [0.05, 0.1) is 76.3 Å². The first-order valence-corrected chi connectivity index (χ1v) is 22.9. The van der Waals surface area contributed by atoms with Crippen molar-refractivity contribution in [2.24, 2.45) is 27.9 Å². The van der Waals surface area contributed by atoms with E-state index in [0.717, 1.165) is 18.4 Å². The minimum Gasteiger partial charge on any atom is -0.379 e. The van der Waals surface area contributed by atoms with Crippen LogP contribution >= 0.6 is 0 Å². The molecule has 19 nitrogen and oxygen atoms in total. The van der Waals surface area contributed by atoms with Crippen molar-refractivity contribution in [3.63, 3.8) is 0 Å². The number of likely N-dealkylation sites (N-methyl/N-ethyl adjacent to an activating group) is 1. The quantitative estimate of drug-likeness (QED) is 0.0284. The molecule has 1 fully saturated rings. The predicted octanol–water partition coefficient (Wildman–Crippen LogP) is 3.61. The SMILES string of the molecule is CC[C@H](C)[C@@H]([C@@H](CC(=O)N1CCC[C@H]1[C@H](OC)[C@@H](C)C(=O)N[C@@H](Cc1ccccc1)C(=O)NCCOCCOCCOCCN=[N+]=[N-])OC)N(C)C(=O)[C@@H](N=C(N(C)C)N(C)C)C(C)C. The highest BCUT2D eigenvalue weighted by Gasteiger charge is 2.43. The van der Waals surface area contributed by atoms with E-state index in [-0.39, 0.29) is 68.0 Å². The van der Waals surface area contributed by atoms with Gasteiger partial charge in [-0.15, -0.1) is 0 Å². The van der Waals surface area contributed by atoms with Gasteiger partial charge in [-0.1, -0.05) is 76.5 Å². The van der Waals surface area contributed by atoms with E-state index in [1.54, 1.807) is 38.0 Å². The Morgan fingerprint density at radius 3 is 2.05 bits per heavy atom. The highest BCUT2D eigenvalue weighted by molar-refractivity contribution is 5.89. The van der Waals surface area contributed by atoms with Crippen LogP contribution in [0.5, 0.6) is 0 Å². The van der Waals surface area contributed by atoms with E-state index in [1.165, 1.54) is 0 Å². The zero-order chi connectivity index (χ0) is 48.5. The van der Waals surface area contributed by atoms with Crippen molar-refractivity contribution >= 4 is 29.6 Å².